The van der Waals surface area contributed by atoms with Crippen molar-refractivity contribution < 1.29 is 9.90 Å². The molecule has 0 radical (unpaired) electrons. The van der Waals surface area contributed by atoms with E-state index < -0.39 is 5.60 Å². The third kappa shape index (κ3) is 4.24. The zero-order chi connectivity index (χ0) is 14.5. The van der Waals surface area contributed by atoms with Crippen molar-refractivity contribution in [3.63, 3.8) is 0 Å². The number of nitrogens with zero attached hydrogens (tertiary/aromatic N) is 2. The molecule has 0 fully saturated rings. The molecule has 0 saturated carbocycles. The fourth-order valence-corrected chi connectivity index (χ4v) is 1.72. The zero-order valence-corrected chi connectivity index (χ0v) is 12.2. The maximum absolute atomic E-state index is 11.8. The Morgan fingerprint density at radius 1 is 1.42 bits per heavy atom. The average Bonchev–Trinajstić information content (AvgIpc) is 2.77. The van der Waals surface area contributed by atoms with Crippen LogP contribution in [0.4, 0.5) is 10.6 Å². The Morgan fingerprint density at radius 3 is 2.53 bits per heavy atom. The van der Waals surface area contributed by atoms with Crippen molar-refractivity contribution >= 4 is 11.8 Å². The molecule has 0 aliphatic carbocycles. The number of urea groups is 1. The van der Waals surface area contributed by atoms with Gasteiger partial charge in [-0.2, -0.15) is 5.10 Å². The molecule has 0 spiro atoms. The zero-order valence-electron chi connectivity index (χ0n) is 12.2. The van der Waals surface area contributed by atoms with Gasteiger partial charge in [0.15, 0.2) is 0 Å². The van der Waals surface area contributed by atoms with E-state index in [4.69, 9.17) is 0 Å². The van der Waals surface area contributed by atoms with Gasteiger partial charge in [-0.15, -0.1) is 0 Å². The first-order valence-corrected chi connectivity index (χ1v) is 6.74. The number of aromatic nitrogens is 2. The highest BCUT2D eigenvalue weighted by atomic mass is 16.3. The van der Waals surface area contributed by atoms with Crippen LogP contribution >= 0.6 is 0 Å². The number of nitrogens with one attached hydrogen (secondary N) is 2. The van der Waals surface area contributed by atoms with E-state index in [2.05, 4.69) is 15.7 Å². The van der Waals surface area contributed by atoms with Gasteiger partial charge >= 0.3 is 6.03 Å². The molecule has 0 atom stereocenters. The molecule has 6 heteroatoms. The van der Waals surface area contributed by atoms with Crippen LogP contribution in [0.25, 0.3) is 0 Å². The van der Waals surface area contributed by atoms with Crippen molar-refractivity contribution in [3.05, 3.63) is 11.8 Å². The van der Waals surface area contributed by atoms with E-state index in [1.165, 1.54) is 0 Å². The smallest absolute Gasteiger partial charge is 0.320 e. The molecule has 108 valence electrons. The van der Waals surface area contributed by atoms with Crippen molar-refractivity contribution in [2.24, 2.45) is 7.05 Å². The van der Waals surface area contributed by atoms with Crippen LogP contribution in [0.2, 0.25) is 0 Å². The first-order valence-electron chi connectivity index (χ1n) is 6.74. The normalized spacial score (nSPS) is 11.4. The first kappa shape index (κ1) is 15.5. The first-order chi connectivity index (χ1) is 8.94. The van der Waals surface area contributed by atoms with E-state index >= 15 is 0 Å². The molecule has 2 amide bonds. The molecule has 0 saturated heterocycles. The lowest BCUT2D eigenvalue weighted by Gasteiger charge is -2.25. The van der Waals surface area contributed by atoms with E-state index in [0.29, 0.717) is 18.7 Å². The minimum Gasteiger partial charge on any atom is -0.388 e. The molecule has 0 bridgehead atoms. The number of hydrogen-bond acceptors (Lipinski definition) is 3. The Kier molecular flexibility index (Phi) is 5.35. The predicted octanol–water partition coefficient (Wildman–Crippen LogP) is 1.66. The van der Waals surface area contributed by atoms with Gasteiger partial charge in [0.25, 0.3) is 0 Å². The Hall–Kier alpha value is -1.56. The number of aryl methyl sites for hydroxylation is 2. The molecule has 0 aromatic carbocycles. The molecule has 1 rings (SSSR count). The predicted molar refractivity (Wildman–Crippen MR) is 75.1 cm³/mol. The number of rotatable bonds is 6. The second kappa shape index (κ2) is 6.56. The van der Waals surface area contributed by atoms with Crippen LogP contribution in [0.5, 0.6) is 0 Å². The highest BCUT2D eigenvalue weighted by Gasteiger charge is 2.22. The Morgan fingerprint density at radius 2 is 2.05 bits per heavy atom. The number of carbonyl (C=O) groups excluding carboxylic acids is 1. The van der Waals surface area contributed by atoms with Crippen LogP contribution in [-0.2, 0) is 13.5 Å². The fourth-order valence-electron chi connectivity index (χ4n) is 1.72. The second-order valence-corrected chi connectivity index (χ2v) is 4.74. The molecule has 3 N–H and O–H groups in total. The maximum Gasteiger partial charge on any atom is 0.320 e. The van der Waals surface area contributed by atoms with Gasteiger partial charge in [-0.05, 0) is 19.3 Å². The van der Waals surface area contributed by atoms with Gasteiger partial charge in [-0.3, -0.25) is 10.00 Å². The Balaban J connectivity index is 2.53. The summed E-state index contributed by atoms with van der Waals surface area (Å²) in [6, 6.07) is 1.51. The van der Waals surface area contributed by atoms with E-state index in [9.17, 15) is 9.90 Å². The molecular weight excluding hydrogens is 244 g/mol. The van der Waals surface area contributed by atoms with Gasteiger partial charge in [0, 0.05) is 19.7 Å². The van der Waals surface area contributed by atoms with Crippen LogP contribution in [0, 0.1) is 0 Å². The van der Waals surface area contributed by atoms with Gasteiger partial charge in [-0.25, -0.2) is 4.79 Å². The van der Waals surface area contributed by atoms with E-state index in [1.807, 2.05) is 26.8 Å². The van der Waals surface area contributed by atoms with Gasteiger partial charge in [0.05, 0.1) is 11.3 Å². The fraction of sp³-hybridized carbons (Fsp3) is 0.692. The molecule has 1 heterocycles. The summed E-state index contributed by atoms with van der Waals surface area (Å²) in [5, 5.41) is 19.7. The Bertz CT molecular complexity index is 424. The average molecular weight is 268 g/mol. The Labute approximate surface area is 114 Å². The number of amides is 2. The van der Waals surface area contributed by atoms with Crippen LogP contribution < -0.4 is 10.6 Å². The van der Waals surface area contributed by atoms with Gasteiger partial charge in [0.1, 0.15) is 5.82 Å². The van der Waals surface area contributed by atoms with Crippen LogP contribution in [-0.4, -0.2) is 33.1 Å². The van der Waals surface area contributed by atoms with Crippen LogP contribution in [0.1, 0.15) is 39.3 Å². The minimum absolute atomic E-state index is 0.240. The van der Waals surface area contributed by atoms with Gasteiger partial charge < -0.3 is 10.4 Å². The molecular formula is C13H24N4O2. The van der Waals surface area contributed by atoms with Crippen molar-refractivity contribution in [2.75, 3.05) is 11.9 Å². The highest BCUT2D eigenvalue weighted by molar-refractivity contribution is 5.88. The van der Waals surface area contributed by atoms with E-state index in [0.717, 1.165) is 12.1 Å². The van der Waals surface area contributed by atoms with Gasteiger partial charge in [-0.1, -0.05) is 20.8 Å². The number of aliphatic hydroxyl groups is 1. The summed E-state index contributed by atoms with van der Waals surface area (Å²) in [5.74, 6) is 0.644. The van der Waals surface area contributed by atoms with Crippen LogP contribution in [0.3, 0.4) is 0 Å². The lowest BCUT2D eigenvalue weighted by molar-refractivity contribution is 0.0354. The quantitative estimate of drug-likeness (QED) is 0.734. The molecule has 0 aliphatic rings. The lowest BCUT2D eigenvalue weighted by Crippen LogP contribution is -2.43. The molecule has 1 aromatic rings. The number of hydrogen-bond donors (Lipinski definition) is 3. The van der Waals surface area contributed by atoms with E-state index in [1.54, 1.807) is 11.7 Å². The van der Waals surface area contributed by atoms with Gasteiger partial charge in [0.2, 0.25) is 0 Å². The largest absolute Gasteiger partial charge is 0.388 e. The second-order valence-electron chi connectivity index (χ2n) is 4.74. The SMILES string of the molecule is CCc1cc(NC(=O)NCC(O)(CC)CC)n(C)n1. The summed E-state index contributed by atoms with van der Waals surface area (Å²) in [4.78, 5) is 11.8. The third-order valence-electron chi connectivity index (χ3n) is 3.43. The van der Waals surface area contributed by atoms with Crippen molar-refractivity contribution in [1.29, 1.82) is 0 Å². The summed E-state index contributed by atoms with van der Waals surface area (Å²) in [5.41, 5.74) is 0.0923. The molecule has 6 nitrogen and oxygen atoms in total. The lowest BCUT2D eigenvalue weighted by atomic mass is 9.98. The van der Waals surface area contributed by atoms with Crippen LogP contribution in [0.15, 0.2) is 6.07 Å². The van der Waals surface area contributed by atoms with Crippen molar-refractivity contribution in [3.8, 4) is 0 Å². The van der Waals surface area contributed by atoms with Crippen molar-refractivity contribution in [1.82, 2.24) is 15.1 Å². The third-order valence-corrected chi connectivity index (χ3v) is 3.43. The van der Waals surface area contributed by atoms with Crippen molar-refractivity contribution in [2.45, 2.75) is 45.6 Å². The topological polar surface area (TPSA) is 79.2 Å². The minimum atomic E-state index is -0.835. The molecule has 0 unspecified atom stereocenters. The monoisotopic (exact) mass is 268 g/mol. The summed E-state index contributed by atoms with van der Waals surface area (Å²) >= 11 is 0. The molecule has 19 heavy (non-hydrogen) atoms. The maximum atomic E-state index is 11.8. The summed E-state index contributed by atoms with van der Waals surface area (Å²) in [6.45, 7) is 6.05. The standard InChI is InChI=1S/C13H24N4O2/c1-5-10-8-11(17(4)16-10)15-12(18)14-9-13(19,6-2)7-3/h8,19H,5-7,9H2,1-4H3,(H2,14,15,18). The molecule has 1 aromatic heterocycles. The molecule has 0 aliphatic heterocycles. The summed E-state index contributed by atoms with van der Waals surface area (Å²) in [7, 11) is 1.78. The van der Waals surface area contributed by atoms with E-state index in [-0.39, 0.29) is 12.6 Å². The summed E-state index contributed by atoms with van der Waals surface area (Å²) in [6.07, 6.45) is 2.04. The number of anilines is 1. The summed E-state index contributed by atoms with van der Waals surface area (Å²) < 4.78 is 1.63. The number of carbonyl (C=O) groups is 1. The highest BCUT2D eigenvalue weighted by Crippen LogP contribution is 2.13.